The van der Waals surface area contributed by atoms with Crippen molar-refractivity contribution in [2.75, 3.05) is 13.1 Å². The molecule has 24 heavy (non-hydrogen) atoms. The molecule has 126 valence electrons. The van der Waals surface area contributed by atoms with Crippen LogP contribution in [0, 0.1) is 11.8 Å². The minimum Gasteiger partial charge on any atom is -0.305 e. The highest BCUT2D eigenvalue weighted by Crippen LogP contribution is 2.29. The number of aromatic nitrogens is 4. The van der Waals surface area contributed by atoms with Gasteiger partial charge in [0.25, 0.3) is 0 Å². The molecule has 0 fully saturated rings. The van der Waals surface area contributed by atoms with E-state index in [1.54, 1.807) is 13.1 Å². The predicted octanol–water partition coefficient (Wildman–Crippen LogP) is 2.12. The molecule has 8 heteroatoms. The number of pyridine rings is 1. The van der Waals surface area contributed by atoms with Gasteiger partial charge in [0.1, 0.15) is 11.5 Å². The van der Waals surface area contributed by atoms with Crippen LogP contribution in [0.25, 0.3) is 0 Å². The third kappa shape index (κ3) is 3.57. The van der Waals surface area contributed by atoms with E-state index in [2.05, 4.69) is 31.9 Å². The zero-order chi connectivity index (χ0) is 17.2. The number of alkyl halides is 3. The molecule has 0 atom stereocenters. The van der Waals surface area contributed by atoms with Crippen LogP contribution in [0.4, 0.5) is 13.2 Å². The number of hydrogen-bond donors (Lipinski definition) is 0. The molecule has 0 bridgehead atoms. The van der Waals surface area contributed by atoms with Crippen LogP contribution >= 0.6 is 0 Å². The number of fused-ring (bicyclic) bond motifs is 1. The van der Waals surface area contributed by atoms with E-state index in [0.717, 1.165) is 28.8 Å². The molecule has 1 aliphatic heterocycles. The normalized spacial score (nSPS) is 14.8. The van der Waals surface area contributed by atoms with Gasteiger partial charge >= 0.3 is 6.18 Å². The summed E-state index contributed by atoms with van der Waals surface area (Å²) in [7, 11) is 0. The Morgan fingerprint density at radius 2 is 2.08 bits per heavy atom. The Kier molecular flexibility index (Phi) is 4.53. The Morgan fingerprint density at radius 3 is 2.83 bits per heavy atom. The summed E-state index contributed by atoms with van der Waals surface area (Å²) < 4.78 is 39.6. The van der Waals surface area contributed by atoms with Gasteiger partial charge in [-0.3, -0.25) is 4.90 Å². The fraction of sp³-hybridized carbons (Fsp3) is 0.438. The molecule has 1 aliphatic rings. The number of rotatable bonds is 3. The molecule has 0 unspecified atom stereocenters. The van der Waals surface area contributed by atoms with Gasteiger partial charge in [0.05, 0.1) is 6.54 Å². The van der Waals surface area contributed by atoms with Crippen molar-refractivity contribution < 1.29 is 13.2 Å². The fourth-order valence-electron chi connectivity index (χ4n) is 2.72. The second kappa shape index (κ2) is 6.61. The van der Waals surface area contributed by atoms with Gasteiger partial charge in [-0.05, 0) is 37.0 Å². The zero-order valence-electron chi connectivity index (χ0n) is 13.1. The minimum absolute atomic E-state index is 0.250. The summed E-state index contributed by atoms with van der Waals surface area (Å²) in [6.45, 7) is 3.65. The van der Waals surface area contributed by atoms with E-state index in [9.17, 15) is 13.2 Å². The molecular formula is C16H16F3N5. The Morgan fingerprint density at radius 1 is 1.25 bits per heavy atom. The summed E-state index contributed by atoms with van der Waals surface area (Å²) in [4.78, 5) is 6.24. The van der Waals surface area contributed by atoms with Crippen molar-refractivity contribution in [3.05, 3.63) is 41.2 Å². The highest BCUT2D eigenvalue weighted by molar-refractivity contribution is 5.30. The van der Waals surface area contributed by atoms with Crippen LogP contribution in [0.1, 0.15) is 29.8 Å². The standard InChI is InChI=1S/C16H16F3N5/c1-2-3-13-10-12(4-6-20-13)5-7-23-8-9-24-14(11-23)21-22-15(24)16(17,18)19/h4,6,10H,5,7-9,11H2,1H3. The highest BCUT2D eigenvalue weighted by atomic mass is 19.4. The third-order valence-corrected chi connectivity index (χ3v) is 3.88. The molecule has 0 aliphatic carbocycles. The maximum Gasteiger partial charge on any atom is 0.451 e. The summed E-state index contributed by atoms with van der Waals surface area (Å²) in [5, 5.41) is 6.98. The van der Waals surface area contributed by atoms with Gasteiger partial charge in [-0.25, -0.2) is 4.98 Å². The first-order valence-corrected chi connectivity index (χ1v) is 7.56. The van der Waals surface area contributed by atoms with Gasteiger partial charge in [0.15, 0.2) is 0 Å². The molecule has 0 spiro atoms. The number of halogens is 3. The monoisotopic (exact) mass is 335 g/mol. The molecule has 0 saturated carbocycles. The van der Waals surface area contributed by atoms with E-state index in [4.69, 9.17) is 0 Å². The summed E-state index contributed by atoms with van der Waals surface area (Å²) in [6, 6.07) is 3.86. The van der Waals surface area contributed by atoms with Gasteiger partial charge in [0.2, 0.25) is 5.82 Å². The number of nitrogens with zero attached hydrogens (tertiary/aromatic N) is 5. The van der Waals surface area contributed by atoms with E-state index in [1.807, 2.05) is 12.1 Å². The van der Waals surface area contributed by atoms with Crippen molar-refractivity contribution in [3.8, 4) is 11.8 Å². The second-order valence-electron chi connectivity index (χ2n) is 5.54. The third-order valence-electron chi connectivity index (χ3n) is 3.88. The van der Waals surface area contributed by atoms with Gasteiger partial charge in [-0.1, -0.05) is 5.92 Å². The first-order chi connectivity index (χ1) is 11.5. The smallest absolute Gasteiger partial charge is 0.305 e. The van der Waals surface area contributed by atoms with Gasteiger partial charge < -0.3 is 4.57 Å². The average Bonchev–Trinajstić information content (AvgIpc) is 2.97. The summed E-state index contributed by atoms with van der Waals surface area (Å²) in [6.07, 6.45) is -1.96. The molecular weight excluding hydrogens is 319 g/mol. The lowest BCUT2D eigenvalue weighted by atomic mass is 10.1. The molecule has 0 N–H and O–H groups in total. The largest absolute Gasteiger partial charge is 0.451 e. The fourth-order valence-corrected chi connectivity index (χ4v) is 2.72. The lowest BCUT2D eigenvalue weighted by Crippen LogP contribution is -2.36. The lowest BCUT2D eigenvalue weighted by molar-refractivity contribution is -0.148. The molecule has 3 heterocycles. The van der Waals surface area contributed by atoms with Crippen LogP contribution in [0.2, 0.25) is 0 Å². The maximum atomic E-state index is 12.8. The van der Waals surface area contributed by atoms with Crippen LogP contribution < -0.4 is 0 Å². The van der Waals surface area contributed by atoms with Crippen LogP contribution in [-0.4, -0.2) is 37.7 Å². The zero-order valence-corrected chi connectivity index (χ0v) is 13.1. The van der Waals surface area contributed by atoms with Crippen molar-refractivity contribution in [1.82, 2.24) is 24.6 Å². The molecule has 0 amide bonds. The Labute approximate surface area is 137 Å². The molecule has 0 radical (unpaired) electrons. The molecule has 2 aromatic rings. The van der Waals surface area contributed by atoms with E-state index >= 15 is 0 Å². The van der Waals surface area contributed by atoms with Gasteiger partial charge in [-0.2, -0.15) is 13.2 Å². The van der Waals surface area contributed by atoms with Crippen molar-refractivity contribution in [2.45, 2.75) is 32.6 Å². The lowest BCUT2D eigenvalue weighted by Gasteiger charge is -2.27. The molecule has 2 aromatic heterocycles. The minimum atomic E-state index is -4.46. The van der Waals surface area contributed by atoms with E-state index in [1.165, 1.54) is 0 Å². The Bertz CT molecular complexity index is 785. The van der Waals surface area contributed by atoms with Crippen LogP contribution in [0.5, 0.6) is 0 Å². The van der Waals surface area contributed by atoms with Crippen molar-refractivity contribution in [2.24, 2.45) is 0 Å². The number of hydrogen-bond acceptors (Lipinski definition) is 4. The van der Waals surface area contributed by atoms with Crippen molar-refractivity contribution in [3.63, 3.8) is 0 Å². The predicted molar refractivity (Wildman–Crippen MR) is 80.8 cm³/mol. The van der Waals surface area contributed by atoms with E-state index in [0.29, 0.717) is 18.9 Å². The van der Waals surface area contributed by atoms with Crippen LogP contribution in [-0.2, 0) is 25.7 Å². The molecule has 0 aromatic carbocycles. The first kappa shape index (κ1) is 16.5. The maximum absolute atomic E-state index is 12.8. The summed E-state index contributed by atoms with van der Waals surface area (Å²) in [5.74, 6) is 5.18. The first-order valence-electron chi connectivity index (χ1n) is 7.56. The SMILES string of the molecule is CC#Cc1cc(CCN2CCn3c(nnc3C(F)(F)F)C2)ccn1. The average molecular weight is 335 g/mol. The Balaban J connectivity index is 1.63. The van der Waals surface area contributed by atoms with E-state index in [-0.39, 0.29) is 6.54 Å². The Hall–Kier alpha value is -2.40. The summed E-state index contributed by atoms with van der Waals surface area (Å²) >= 11 is 0. The molecule has 0 saturated heterocycles. The quantitative estimate of drug-likeness (QED) is 0.806. The second-order valence-corrected chi connectivity index (χ2v) is 5.54. The summed E-state index contributed by atoms with van der Waals surface area (Å²) in [5.41, 5.74) is 1.83. The van der Waals surface area contributed by atoms with Crippen molar-refractivity contribution in [1.29, 1.82) is 0 Å². The molecule has 5 nitrogen and oxygen atoms in total. The topological polar surface area (TPSA) is 46.8 Å². The van der Waals surface area contributed by atoms with Crippen LogP contribution in [0.3, 0.4) is 0 Å². The van der Waals surface area contributed by atoms with E-state index < -0.39 is 12.0 Å². The molecule has 3 rings (SSSR count). The van der Waals surface area contributed by atoms with Crippen LogP contribution in [0.15, 0.2) is 18.3 Å². The van der Waals surface area contributed by atoms with Crippen molar-refractivity contribution >= 4 is 0 Å². The van der Waals surface area contributed by atoms with Gasteiger partial charge in [0, 0.05) is 25.8 Å². The highest BCUT2D eigenvalue weighted by Gasteiger charge is 2.39. The van der Waals surface area contributed by atoms with Gasteiger partial charge in [-0.15, -0.1) is 10.2 Å².